The number of para-hydroxylation sites is 1. The molecule has 1 aliphatic rings. The summed E-state index contributed by atoms with van der Waals surface area (Å²) in [6.07, 6.45) is 4.79. The van der Waals surface area contributed by atoms with E-state index in [9.17, 15) is 9.59 Å². The topological polar surface area (TPSA) is 79.4 Å². The van der Waals surface area contributed by atoms with Crippen LogP contribution in [-0.2, 0) is 22.7 Å². The predicted molar refractivity (Wildman–Crippen MR) is 163 cm³/mol. The summed E-state index contributed by atoms with van der Waals surface area (Å²) >= 11 is 0. The first-order valence-electron chi connectivity index (χ1n) is 14.3. The molecule has 0 atom stereocenters. The first kappa shape index (κ1) is 26.6. The zero-order valence-electron chi connectivity index (χ0n) is 23.4. The first-order valence-corrected chi connectivity index (χ1v) is 14.3. The molecule has 2 N–H and O–H groups in total. The Labute approximate surface area is 239 Å². The number of aromatic nitrogens is 2. The lowest BCUT2D eigenvalue weighted by atomic mass is 9.95. The van der Waals surface area contributed by atoms with Crippen LogP contribution in [0.5, 0.6) is 5.75 Å². The van der Waals surface area contributed by atoms with Crippen molar-refractivity contribution in [2.24, 2.45) is 0 Å². The van der Waals surface area contributed by atoms with Crippen LogP contribution in [-0.4, -0.2) is 45.9 Å². The number of hydrogen-bond acceptors (Lipinski definition) is 4. The monoisotopic (exact) mass is 546 g/mol. The van der Waals surface area contributed by atoms with E-state index in [0.29, 0.717) is 34.6 Å². The zero-order chi connectivity index (χ0) is 28.3. The van der Waals surface area contributed by atoms with E-state index in [0.717, 1.165) is 60.0 Å². The lowest BCUT2D eigenvalue weighted by Gasteiger charge is -2.18. The molecule has 0 bridgehead atoms. The lowest BCUT2D eigenvalue weighted by Crippen LogP contribution is -2.24. The molecule has 3 aromatic carbocycles. The Balaban J connectivity index is 1.50. The van der Waals surface area contributed by atoms with Gasteiger partial charge in [-0.1, -0.05) is 68.4 Å². The third-order valence-electron chi connectivity index (χ3n) is 7.93. The van der Waals surface area contributed by atoms with Gasteiger partial charge in [0, 0.05) is 46.4 Å². The van der Waals surface area contributed by atoms with E-state index in [-0.39, 0.29) is 5.91 Å². The van der Waals surface area contributed by atoms with E-state index < -0.39 is 5.91 Å². The first-order chi connectivity index (χ1) is 20.1. The Morgan fingerprint density at radius 2 is 1.56 bits per heavy atom. The van der Waals surface area contributed by atoms with Gasteiger partial charge in [0.05, 0.1) is 16.7 Å². The SMILES string of the molecule is CCN(CC)CCCn1cc(C2=C(c3c[nH]c4ccccc34)C(=O)NC2=O)c2c(OCc3ccccc3)cccc21. The number of hydrogen-bond donors (Lipinski definition) is 2. The average molecular weight is 547 g/mol. The van der Waals surface area contributed by atoms with Gasteiger partial charge < -0.3 is 19.2 Å². The van der Waals surface area contributed by atoms with E-state index >= 15 is 0 Å². The van der Waals surface area contributed by atoms with Crippen LogP contribution in [0.15, 0.2) is 85.2 Å². The van der Waals surface area contributed by atoms with Crippen LogP contribution in [0, 0.1) is 0 Å². The second-order valence-electron chi connectivity index (χ2n) is 10.3. The van der Waals surface area contributed by atoms with Gasteiger partial charge in [-0.2, -0.15) is 0 Å². The molecule has 0 unspecified atom stereocenters. The summed E-state index contributed by atoms with van der Waals surface area (Å²) in [5, 5.41) is 4.30. The highest BCUT2D eigenvalue weighted by Crippen LogP contribution is 2.41. The van der Waals surface area contributed by atoms with Crippen molar-refractivity contribution in [1.82, 2.24) is 19.8 Å². The summed E-state index contributed by atoms with van der Waals surface area (Å²) in [7, 11) is 0. The van der Waals surface area contributed by atoms with E-state index in [4.69, 9.17) is 4.74 Å². The molecule has 1 aliphatic heterocycles. The summed E-state index contributed by atoms with van der Waals surface area (Å²) in [6, 6.07) is 23.8. The van der Waals surface area contributed by atoms with Crippen molar-refractivity contribution in [2.75, 3.05) is 19.6 Å². The third kappa shape index (κ3) is 5.05. The number of ether oxygens (including phenoxy) is 1. The Kier molecular flexibility index (Phi) is 7.44. The average Bonchev–Trinajstić information content (AvgIpc) is 3.67. The number of imide groups is 1. The van der Waals surface area contributed by atoms with Crippen molar-refractivity contribution in [3.05, 3.63) is 102 Å². The van der Waals surface area contributed by atoms with Crippen molar-refractivity contribution in [1.29, 1.82) is 0 Å². The van der Waals surface area contributed by atoms with Gasteiger partial charge in [0.2, 0.25) is 0 Å². The number of carbonyl (C=O) groups is 2. The second-order valence-corrected chi connectivity index (χ2v) is 10.3. The van der Waals surface area contributed by atoms with Crippen LogP contribution >= 0.6 is 0 Å². The van der Waals surface area contributed by atoms with Gasteiger partial charge >= 0.3 is 0 Å². The Morgan fingerprint density at radius 1 is 0.829 bits per heavy atom. The molecule has 208 valence electrons. The van der Waals surface area contributed by atoms with Crippen LogP contribution in [0.1, 0.15) is 37.0 Å². The molecule has 5 aromatic rings. The molecule has 6 rings (SSSR count). The summed E-state index contributed by atoms with van der Waals surface area (Å²) < 4.78 is 8.58. The number of fused-ring (bicyclic) bond motifs is 2. The number of nitrogens with one attached hydrogen (secondary N) is 2. The molecular weight excluding hydrogens is 512 g/mol. The van der Waals surface area contributed by atoms with Crippen molar-refractivity contribution < 1.29 is 14.3 Å². The molecular formula is C34H34N4O3. The summed E-state index contributed by atoms with van der Waals surface area (Å²) in [5.41, 5.74) is 5.11. The molecule has 0 fully saturated rings. The van der Waals surface area contributed by atoms with Crippen molar-refractivity contribution >= 4 is 44.8 Å². The van der Waals surface area contributed by atoms with E-state index in [2.05, 4.69) is 39.7 Å². The van der Waals surface area contributed by atoms with E-state index in [1.165, 1.54) is 0 Å². The number of H-pyrrole nitrogens is 1. The molecule has 41 heavy (non-hydrogen) atoms. The van der Waals surface area contributed by atoms with Crippen molar-refractivity contribution in [2.45, 2.75) is 33.4 Å². The smallest absolute Gasteiger partial charge is 0.259 e. The minimum Gasteiger partial charge on any atom is -0.488 e. The predicted octanol–water partition coefficient (Wildman–Crippen LogP) is 6.00. The summed E-state index contributed by atoms with van der Waals surface area (Å²) in [5.74, 6) is -0.100. The van der Waals surface area contributed by atoms with Gasteiger partial charge in [-0.3, -0.25) is 14.9 Å². The highest BCUT2D eigenvalue weighted by molar-refractivity contribution is 6.51. The molecule has 7 heteroatoms. The molecule has 0 aliphatic carbocycles. The highest BCUT2D eigenvalue weighted by Gasteiger charge is 2.35. The molecule has 0 spiro atoms. The number of benzene rings is 3. The fourth-order valence-corrected chi connectivity index (χ4v) is 5.80. The Bertz CT molecular complexity index is 1760. The number of carbonyl (C=O) groups excluding carboxylic acids is 2. The zero-order valence-corrected chi connectivity index (χ0v) is 23.4. The van der Waals surface area contributed by atoms with Crippen LogP contribution in [0.3, 0.4) is 0 Å². The minimum atomic E-state index is -0.393. The molecule has 2 aromatic heterocycles. The van der Waals surface area contributed by atoms with Crippen LogP contribution in [0.4, 0.5) is 0 Å². The second kappa shape index (κ2) is 11.5. The molecule has 0 radical (unpaired) electrons. The van der Waals surface area contributed by atoms with Crippen molar-refractivity contribution in [3.63, 3.8) is 0 Å². The number of nitrogens with zero attached hydrogens (tertiary/aromatic N) is 2. The van der Waals surface area contributed by atoms with Crippen LogP contribution in [0.2, 0.25) is 0 Å². The summed E-state index contributed by atoms with van der Waals surface area (Å²) in [6.45, 7) is 8.53. The summed E-state index contributed by atoms with van der Waals surface area (Å²) in [4.78, 5) is 32.5. The molecule has 2 amide bonds. The lowest BCUT2D eigenvalue weighted by molar-refractivity contribution is -0.122. The van der Waals surface area contributed by atoms with Crippen LogP contribution in [0.25, 0.3) is 33.0 Å². The highest BCUT2D eigenvalue weighted by atomic mass is 16.5. The maximum Gasteiger partial charge on any atom is 0.259 e. The molecule has 7 nitrogen and oxygen atoms in total. The number of amides is 2. The molecule has 3 heterocycles. The fraction of sp³-hybridized carbons (Fsp3) is 0.235. The third-order valence-corrected chi connectivity index (χ3v) is 7.93. The standard InChI is InChI=1S/C34H34N4O3/c1-3-37(4-2)18-11-19-38-21-26(30-28(38)16-10-17-29(30)41-22-23-12-6-5-7-13-23)32-31(33(39)36-34(32)40)25-20-35-27-15-9-8-14-24(25)27/h5-10,12-17,20-21,35H,3-4,11,18-19,22H2,1-2H3,(H,36,39,40). The quantitative estimate of drug-likeness (QED) is 0.199. The van der Waals surface area contributed by atoms with Gasteiger partial charge in [-0.15, -0.1) is 0 Å². The van der Waals surface area contributed by atoms with Gasteiger partial charge in [-0.25, -0.2) is 0 Å². The Hall–Kier alpha value is -4.62. The van der Waals surface area contributed by atoms with Gasteiger partial charge in [0.1, 0.15) is 12.4 Å². The number of rotatable bonds is 11. The Morgan fingerprint density at radius 3 is 2.34 bits per heavy atom. The minimum absolute atomic E-state index is 0.378. The normalized spacial score (nSPS) is 13.6. The van der Waals surface area contributed by atoms with Crippen molar-refractivity contribution in [3.8, 4) is 5.75 Å². The van der Waals surface area contributed by atoms with Crippen LogP contribution < -0.4 is 10.1 Å². The van der Waals surface area contributed by atoms with Gasteiger partial charge in [-0.05, 0) is 49.8 Å². The maximum atomic E-state index is 13.5. The number of aryl methyl sites for hydroxylation is 1. The largest absolute Gasteiger partial charge is 0.488 e. The molecule has 0 saturated carbocycles. The van der Waals surface area contributed by atoms with E-state index in [1.807, 2.05) is 79.1 Å². The van der Waals surface area contributed by atoms with Gasteiger partial charge in [0.25, 0.3) is 11.8 Å². The number of aromatic amines is 1. The maximum absolute atomic E-state index is 13.5. The fourth-order valence-electron chi connectivity index (χ4n) is 5.80. The van der Waals surface area contributed by atoms with Gasteiger partial charge in [0.15, 0.2) is 0 Å². The van der Waals surface area contributed by atoms with E-state index in [1.54, 1.807) is 0 Å². The molecule has 0 saturated heterocycles.